The van der Waals surface area contributed by atoms with Crippen molar-refractivity contribution in [3.05, 3.63) is 66.1 Å². The molecule has 2 aromatic heterocycles. The molecule has 0 spiro atoms. The van der Waals surface area contributed by atoms with Crippen LogP contribution < -0.4 is 0 Å². The number of alkyl halides is 3. The number of carbonyl (C=O) groups is 1. The zero-order chi connectivity index (χ0) is 18.5. The van der Waals surface area contributed by atoms with E-state index < -0.39 is 17.7 Å². The fraction of sp³-hybridized carbons (Fsp3) is 0.0556. The minimum Gasteiger partial charge on any atom is -0.478 e. The number of hydrogen-bond donors (Lipinski definition) is 1. The lowest BCUT2D eigenvalue weighted by Crippen LogP contribution is -2.04. The number of halogens is 3. The highest BCUT2D eigenvalue weighted by molar-refractivity contribution is 6.06. The van der Waals surface area contributed by atoms with Gasteiger partial charge in [0, 0.05) is 17.1 Å². The molecule has 26 heavy (non-hydrogen) atoms. The van der Waals surface area contributed by atoms with Crippen LogP contribution in [0.3, 0.4) is 0 Å². The normalized spacial score (nSPS) is 12.0. The number of carboxylic acids is 1. The van der Waals surface area contributed by atoms with E-state index in [1.165, 1.54) is 35.1 Å². The Morgan fingerprint density at radius 1 is 1.04 bits per heavy atom. The largest absolute Gasteiger partial charge is 0.478 e. The lowest BCUT2D eigenvalue weighted by atomic mass is 9.98. The molecule has 2 aromatic carbocycles. The van der Waals surface area contributed by atoms with Crippen LogP contribution >= 0.6 is 0 Å². The second-order valence-corrected chi connectivity index (χ2v) is 5.71. The van der Waals surface area contributed by atoms with Crippen molar-refractivity contribution in [3.8, 4) is 11.1 Å². The highest BCUT2D eigenvalue weighted by atomic mass is 19.4. The number of rotatable bonds is 2. The van der Waals surface area contributed by atoms with Crippen LogP contribution in [0.25, 0.3) is 27.5 Å². The average Bonchev–Trinajstić information content (AvgIpc) is 3.08. The maximum Gasteiger partial charge on any atom is 0.416 e. The Balaban J connectivity index is 1.98. The summed E-state index contributed by atoms with van der Waals surface area (Å²) >= 11 is 0. The van der Waals surface area contributed by atoms with Crippen molar-refractivity contribution in [2.75, 3.05) is 0 Å². The number of benzene rings is 2. The van der Waals surface area contributed by atoms with Crippen molar-refractivity contribution in [2.24, 2.45) is 0 Å². The molecule has 0 fully saturated rings. The summed E-state index contributed by atoms with van der Waals surface area (Å²) < 4.78 is 39.8. The van der Waals surface area contributed by atoms with E-state index in [1.807, 2.05) is 0 Å². The molecule has 8 heteroatoms. The molecule has 0 unspecified atom stereocenters. The van der Waals surface area contributed by atoms with Crippen molar-refractivity contribution < 1.29 is 23.1 Å². The predicted molar refractivity (Wildman–Crippen MR) is 87.9 cm³/mol. The van der Waals surface area contributed by atoms with E-state index in [0.717, 1.165) is 12.1 Å². The predicted octanol–water partition coefficient (Wildman–Crippen LogP) is 4.27. The smallest absolute Gasteiger partial charge is 0.416 e. The second kappa shape index (κ2) is 5.55. The third-order valence-corrected chi connectivity index (χ3v) is 4.15. The van der Waals surface area contributed by atoms with Crippen molar-refractivity contribution in [2.45, 2.75) is 6.18 Å². The van der Waals surface area contributed by atoms with Gasteiger partial charge in [0.15, 0.2) is 5.65 Å². The van der Waals surface area contributed by atoms with Gasteiger partial charge < -0.3 is 5.11 Å². The molecular formula is C18H10F3N3O2. The molecule has 0 bridgehead atoms. The molecule has 0 amide bonds. The van der Waals surface area contributed by atoms with Gasteiger partial charge in [-0.1, -0.05) is 18.2 Å². The Bertz CT molecular complexity index is 1150. The molecule has 0 atom stereocenters. The number of aromatic nitrogens is 3. The summed E-state index contributed by atoms with van der Waals surface area (Å²) in [4.78, 5) is 15.4. The second-order valence-electron chi connectivity index (χ2n) is 5.71. The fourth-order valence-corrected chi connectivity index (χ4v) is 2.90. The monoisotopic (exact) mass is 357 g/mol. The molecule has 0 aliphatic rings. The van der Waals surface area contributed by atoms with E-state index in [4.69, 9.17) is 0 Å². The first-order chi connectivity index (χ1) is 12.3. The van der Waals surface area contributed by atoms with Gasteiger partial charge in [-0.2, -0.15) is 18.3 Å². The molecule has 1 N–H and O–H groups in total. The van der Waals surface area contributed by atoms with E-state index in [-0.39, 0.29) is 5.56 Å². The van der Waals surface area contributed by atoms with E-state index in [1.54, 1.807) is 12.3 Å². The Morgan fingerprint density at radius 3 is 2.42 bits per heavy atom. The lowest BCUT2D eigenvalue weighted by Gasteiger charge is -2.11. The van der Waals surface area contributed by atoms with E-state index in [0.29, 0.717) is 27.5 Å². The number of pyridine rings is 1. The van der Waals surface area contributed by atoms with Gasteiger partial charge in [0.1, 0.15) is 6.33 Å². The Labute approximate surface area is 144 Å². The molecule has 4 aromatic rings. The first kappa shape index (κ1) is 16.1. The zero-order valence-electron chi connectivity index (χ0n) is 13.0. The van der Waals surface area contributed by atoms with Gasteiger partial charge in [0.05, 0.1) is 11.1 Å². The van der Waals surface area contributed by atoms with Crippen LogP contribution in [0.5, 0.6) is 0 Å². The highest BCUT2D eigenvalue weighted by Gasteiger charge is 2.30. The summed E-state index contributed by atoms with van der Waals surface area (Å²) in [7, 11) is 0. The average molecular weight is 357 g/mol. The van der Waals surface area contributed by atoms with Gasteiger partial charge in [0.25, 0.3) is 0 Å². The Kier molecular flexibility index (Phi) is 3.43. The van der Waals surface area contributed by atoms with Gasteiger partial charge in [-0.25, -0.2) is 14.3 Å². The fourth-order valence-electron chi connectivity index (χ4n) is 2.90. The van der Waals surface area contributed by atoms with Crippen LogP contribution in [0, 0.1) is 0 Å². The topological polar surface area (TPSA) is 67.5 Å². The maximum absolute atomic E-state index is 12.8. The molecule has 2 heterocycles. The third-order valence-electron chi connectivity index (χ3n) is 4.15. The SMILES string of the molecule is O=C(O)c1ccc2c(-c3ccc(C(F)(F)F)cc3)cn3ncnc3c2c1. The number of nitrogens with zero attached hydrogens (tertiary/aromatic N) is 3. The van der Waals surface area contributed by atoms with Crippen LogP contribution in [0.2, 0.25) is 0 Å². The Hall–Kier alpha value is -3.42. The van der Waals surface area contributed by atoms with Gasteiger partial charge >= 0.3 is 12.1 Å². The molecule has 0 aliphatic carbocycles. The summed E-state index contributed by atoms with van der Waals surface area (Å²) in [6, 6.07) is 9.34. The number of aromatic carboxylic acids is 1. The number of hydrogen-bond acceptors (Lipinski definition) is 3. The number of carboxylic acid groups (broad SMARTS) is 1. The van der Waals surface area contributed by atoms with Gasteiger partial charge in [-0.3, -0.25) is 0 Å². The molecule has 130 valence electrons. The number of fused-ring (bicyclic) bond motifs is 3. The van der Waals surface area contributed by atoms with E-state index in [9.17, 15) is 23.1 Å². The van der Waals surface area contributed by atoms with Crippen LogP contribution in [-0.4, -0.2) is 25.7 Å². The van der Waals surface area contributed by atoms with E-state index >= 15 is 0 Å². The summed E-state index contributed by atoms with van der Waals surface area (Å²) in [6.07, 6.45) is -1.42. The highest BCUT2D eigenvalue weighted by Crippen LogP contribution is 2.34. The summed E-state index contributed by atoms with van der Waals surface area (Å²) in [6.45, 7) is 0. The lowest BCUT2D eigenvalue weighted by molar-refractivity contribution is -0.137. The van der Waals surface area contributed by atoms with Gasteiger partial charge in [-0.15, -0.1) is 0 Å². The summed E-state index contributed by atoms with van der Waals surface area (Å²) in [5, 5.41) is 14.5. The first-order valence-corrected chi connectivity index (χ1v) is 7.51. The van der Waals surface area contributed by atoms with Gasteiger partial charge in [-0.05, 0) is 35.2 Å². The Morgan fingerprint density at radius 2 is 1.77 bits per heavy atom. The zero-order valence-corrected chi connectivity index (χ0v) is 13.0. The van der Waals surface area contributed by atoms with Crippen LogP contribution in [-0.2, 0) is 6.18 Å². The maximum atomic E-state index is 12.8. The standard InChI is InChI=1S/C18H10F3N3O2/c19-18(20,21)12-4-1-10(2-5-12)15-8-24-16(22-9-23-24)14-7-11(17(25)26)3-6-13(14)15/h1-9H,(H,25,26). The third kappa shape index (κ3) is 2.55. The minimum atomic E-state index is -4.41. The van der Waals surface area contributed by atoms with Crippen molar-refractivity contribution in [1.29, 1.82) is 0 Å². The summed E-state index contributed by atoms with van der Waals surface area (Å²) in [5.41, 5.74) is 1.01. The van der Waals surface area contributed by atoms with Crippen molar-refractivity contribution in [3.63, 3.8) is 0 Å². The van der Waals surface area contributed by atoms with Crippen LogP contribution in [0.15, 0.2) is 55.0 Å². The van der Waals surface area contributed by atoms with Crippen molar-refractivity contribution >= 4 is 22.4 Å². The van der Waals surface area contributed by atoms with Crippen molar-refractivity contribution in [1.82, 2.24) is 14.6 Å². The summed E-state index contributed by atoms with van der Waals surface area (Å²) in [5.74, 6) is -1.08. The van der Waals surface area contributed by atoms with Crippen LogP contribution in [0.1, 0.15) is 15.9 Å². The molecule has 4 rings (SSSR count). The van der Waals surface area contributed by atoms with Crippen LogP contribution in [0.4, 0.5) is 13.2 Å². The molecule has 5 nitrogen and oxygen atoms in total. The molecule has 0 aliphatic heterocycles. The van der Waals surface area contributed by atoms with E-state index in [2.05, 4.69) is 10.1 Å². The quantitative estimate of drug-likeness (QED) is 0.582. The van der Waals surface area contributed by atoms with Gasteiger partial charge in [0.2, 0.25) is 0 Å². The molecular weight excluding hydrogens is 347 g/mol. The molecule has 0 saturated heterocycles. The molecule has 0 radical (unpaired) electrons. The first-order valence-electron chi connectivity index (χ1n) is 7.51. The minimum absolute atomic E-state index is 0.0898. The molecule has 0 saturated carbocycles.